The predicted molar refractivity (Wildman–Crippen MR) is 71.9 cm³/mol. The SMILES string of the molecule is Cc1cc(C)c(C(NN)c2scnc2C)c(F)c1. The normalized spacial score (nSPS) is 12.7. The summed E-state index contributed by atoms with van der Waals surface area (Å²) in [6.45, 7) is 5.67. The maximum absolute atomic E-state index is 14.2. The Balaban J connectivity index is 2.56. The number of benzene rings is 1. The molecule has 1 unspecified atom stereocenters. The molecule has 0 saturated carbocycles. The van der Waals surface area contributed by atoms with E-state index in [2.05, 4.69) is 10.4 Å². The van der Waals surface area contributed by atoms with Gasteiger partial charge < -0.3 is 0 Å². The molecule has 0 bridgehead atoms. The number of aryl methyl sites for hydroxylation is 3. The van der Waals surface area contributed by atoms with E-state index in [0.717, 1.165) is 21.7 Å². The summed E-state index contributed by atoms with van der Waals surface area (Å²) in [4.78, 5) is 5.14. The largest absolute Gasteiger partial charge is 0.271 e. The van der Waals surface area contributed by atoms with Gasteiger partial charge >= 0.3 is 0 Å². The lowest BCUT2D eigenvalue weighted by Gasteiger charge is -2.19. The summed E-state index contributed by atoms with van der Waals surface area (Å²) in [5.74, 6) is 5.37. The fourth-order valence-corrected chi connectivity index (χ4v) is 3.04. The molecule has 0 fully saturated rings. The van der Waals surface area contributed by atoms with Crippen molar-refractivity contribution in [1.82, 2.24) is 10.4 Å². The summed E-state index contributed by atoms with van der Waals surface area (Å²) in [5.41, 5.74) is 7.71. The third-order valence-corrected chi connectivity index (χ3v) is 3.98. The summed E-state index contributed by atoms with van der Waals surface area (Å²) >= 11 is 1.48. The lowest BCUT2D eigenvalue weighted by molar-refractivity contribution is 0.558. The van der Waals surface area contributed by atoms with Crippen LogP contribution >= 0.6 is 11.3 Å². The Hall–Kier alpha value is -1.30. The van der Waals surface area contributed by atoms with Gasteiger partial charge in [-0.3, -0.25) is 5.84 Å². The first-order chi connectivity index (χ1) is 8.54. The fourth-order valence-electron chi connectivity index (χ4n) is 2.17. The quantitative estimate of drug-likeness (QED) is 0.663. The average molecular weight is 265 g/mol. The number of thiazole rings is 1. The zero-order valence-corrected chi connectivity index (χ0v) is 11.4. The molecule has 3 nitrogen and oxygen atoms in total. The highest BCUT2D eigenvalue weighted by molar-refractivity contribution is 7.09. The molecule has 3 N–H and O–H groups in total. The maximum atomic E-state index is 14.2. The van der Waals surface area contributed by atoms with Gasteiger partial charge in [0, 0.05) is 5.56 Å². The third kappa shape index (κ3) is 2.29. The van der Waals surface area contributed by atoms with Crippen molar-refractivity contribution in [2.24, 2.45) is 5.84 Å². The fraction of sp³-hybridized carbons (Fsp3) is 0.308. The van der Waals surface area contributed by atoms with Crippen molar-refractivity contribution in [3.63, 3.8) is 0 Å². The van der Waals surface area contributed by atoms with Gasteiger partial charge in [-0.1, -0.05) is 6.07 Å². The minimum absolute atomic E-state index is 0.233. The summed E-state index contributed by atoms with van der Waals surface area (Å²) in [5, 5.41) is 0. The van der Waals surface area contributed by atoms with E-state index in [0.29, 0.717) is 5.56 Å². The Morgan fingerprint density at radius 1 is 1.33 bits per heavy atom. The van der Waals surface area contributed by atoms with Crippen molar-refractivity contribution in [2.45, 2.75) is 26.8 Å². The van der Waals surface area contributed by atoms with Crippen LogP contribution in [0.4, 0.5) is 4.39 Å². The Labute approximate surface area is 110 Å². The predicted octanol–water partition coefficient (Wildman–Crippen LogP) is 2.76. The van der Waals surface area contributed by atoms with Crippen LogP contribution in [-0.4, -0.2) is 4.98 Å². The van der Waals surface area contributed by atoms with E-state index >= 15 is 0 Å². The molecule has 1 aromatic heterocycles. The van der Waals surface area contributed by atoms with Gasteiger partial charge in [0.2, 0.25) is 0 Å². The van der Waals surface area contributed by atoms with E-state index in [4.69, 9.17) is 5.84 Å². The van der Waals surface area contributed by atoms with Gasteiger partial charge in [0.1, 0.15) is 5.82 Å². The number of hydrogen-bond acceptors (Lipinski definition) is 4. The van der Waals surface area contributed by atoms with Crippen LogP contribution in [-0.2, 0) is 0 Å². The molecule has 0 spiro atoms. The highest BCUT2D eigenvalue weighted by Gasteiger charge is 2.22. The van der Waals surface area contributed by atoms with Gasteiger partial charge in [0.05, 0.1) is 22.1 Å². The zero-order chi connectivity index (χ0) is 13.3. The summed E-state index contributed by atoms with van der Waals surface area (Å²) < 4.78 is 14.2. The lowest BCUT2D eigenvalue weighted by Crippen LogP contribution is -2.30. The van der Waals surface area contributed by atoms with E-state index in [-0.39, 0.29) is 11.9 Å². The standard InChI is InChI=1S/C13H16FN3S/c1-7-4-8(2)11(10(14)5-7)12(17-15)13-9(3)16-6-18-13/h4-6,12,17H,15H2,1-3H3. The summed E-state index contributed by atoms with van der Waals surface area (Å²) in [7, 11) is 0. The number of hydrogen-bond donors (Lipinski definition) is 2. The van der Waals surface area contributed by atoms with Gasteiger partial charge in [-0.2, -0.15) is 0 Å². The van der Waals surface area contributed by atoms with E-state index in [1.54, 1.807) is 5.51 Å². The number of nitrogens with zero attached hydrogens (tertiary/aromatic N) is 1. The van der Waals surface area contributed by atoms with Crippen molar-refractivity contribution in [3.05, 3.63) is 50.7 Å². The molecule has 96 valence electrons. The van der Waals surface area contributed by atoms with Crippen LogP contribution in [0.5, 0.6) is 0 Å². The molecule has 2 aromatic rings. The maximum Gasteiger partial charge on any atom is 0.128 e. The van der Waals surface area contributed by atoms with Crippen LogP contribution < -0.4 is 11.3 Å². The number of aromatic nitrogens is 1. The van der Waals surface area contributed by atoms with Crippen LogP contribution in [0.1, 0.15) is 33.3 Å². The smallest absolute Gasteiger partial charge is 0.128 e. The van der Waals surface area contributed by atoms with Crippen LogP contribution in [0.2, 0.25) is 0 Å². The van der Waals surface area contributed by atoms with E-state index in [1.807, 2.05) is 26.8 Å². The molecule has 0 aliphatic rings. The molecule has 18 heavy (non-hydrogen) atoms. The number of halogens is 1. The molecule has 2 rings (SSSR count). The van der Waals surface area contributed by atoms with Crippen molar-refractivity contribution < 1.29 is 4.39 Å². The highest BCUT2D eigenvalue weighted by atomic mass is 32.1. The van der Waals surface area contributed by atoms with Crippen LogP contribution in [0.15, 0.2) is 17.6 Å². The van der Waals surface area contributed by atoms with Gasteiger partial charge in [-0.05, 0) is 38.0 Å². The highest BCUT2D eigenvalue weighted by Crippen LogP contribution is 2.31. The second-order valence-electron chi connectivity index (χ2n) is 4.38. The van der Waals surface area contributed by atoms with Gasteiger partial charge in [-0.25, -0.2) is 14.8 Å². The Bertz CT molecular complexity index is 542. The number of nitrogens with two attached hydrogens (primary N) is 1. The van der Waals surface area contributed by atoms with E-state index in [1.165, 1.54) is 17.4 Å². The molecule has 1 atom stereocenters. The number of nitrogens with one attached hydrogen (secondary N) is 1. The minimum Gasteiger partial charge on any atom is -0.271 e. The molecular formula is C13H16FN3S. The molecule has 1 heterocycles. The summed E-state index contributed by atoms with van der Waals surface area (Å²) in [6.07, 6.45) is 0. The topological polar surface area (TPSA) is 50.9 Å². The van der Waals surface area contributed by atoms with Gasteiger partial charge in [0.25, 0.3) is 0 Å². The van der Waals surface area contributed by atoms with E-state index in [9.17, 15) is 4.39 Å². The lowest BCUT2D eigenvalue weighted by atomic mass is 9.97. The van der Waals surface area contributed by atoms with Crippen molar-refractivity contribution in [1.29, 1.82) is 0 Å². The second kappa shape index (κ2) is 5.14. The number of hydrazine groups is 1. The molecule has 0 saturated heterocycles. The minimum atomic E-state index is -0.349. The molecule has 5 heteroatoms. The van der Waals surface area contributed by atoms with Crippen LogP contribution in [0.3, 0.4) is 0 Å². The Morgan fingerprint density at radius 3 is 2.56 bits per heavy atom. The third-order valence-electron chi connectivity index (χ3n) is 2.98. The van der Waals surface area contributed by atoms with Crippen LogP contribution in [0.25, 0.3) is 0 Å². The molecular weight excluding hydrogens is 249 g/mol. The van der Waals surface area contributed by atoms with Crippen molar-refractivity contribution in [2.75, 3.05) is 0 Å². The molecule has 0 amide bonds. The van der Waals surface area contributed by atoms with E-state index < -0.39 is 0 Å². The Morgan fingerprint density at radius 2 is 2.06 bits per heavy atom. The zero-order valence-electron chi connectivity index (χ0n) is 10.6. The first kappa shape index (κ1) is 13.1. The second-order valence-corrected chi connectivity index (χ2v) is 5.27. The molecule has 0 radical (unpaired) electrons. The molecule has 0 aliphatic carbocycles. The Kier molecular flexibility index (Phi) is 3.75. The first-order valence-electron chi connectivity index (χ1n) is 5.67. The number of rotatable bonds is 3. The van der Waals surface area contributed by atoms with Crippen LogP contribution in [0, 0.1) is 26.6 Å². The summed E-state index contributed by atoms with van der Waals surface area (Å²) in [6, 6.07) is 3.14. The van der Waals surface area contributed by atoms with Crippen molar-refractivity contribution in [3.8, 4) is 0 Å². The monoisotopic (exact) mass is 265 g/mol. The van der Waals surface area contributed by atoms with Gasteiger partial charge in [-0.15, -0.1) is 11.3 Å². The average Bonchev–Trinajstić information content (AvgIpc) is 2.69. The van der Waals surface area contributed by atoms with Crippen molar-refractivity contribution >= 4 is 11.3 Å². The first-order valence-corrected chi connectivity index (χ1v) is 6.55. The van der Waals surface area contributed by atoms with Gasteiger partial charge in [0.15, 0.2) is 0 Å². The molecule has 0 aliphatic heterocycles. The molecule has 1 aromatic carbocycles.